The van der Waals surface area contributed by atoms with E-state index in [0.29, 0.717) is 11.1 Å². The standard InChI is InChI=1S/C18H14F2N2O2/c19-13-5-6-16(20)15(7-13)17-8-14(23)10-22(17)18(24)12-3-1-11(9-21)2-4-12/h1-7,14,17,23H,8,10H2/t14-,17-/m0/s1. The second-order valence-electron chi connectivity index (χ2n) is 5.72. The molecule has 1 aliphatic heterocycles. The zero-order valence-corrected chi connectivity index (χ0v) is 12.6. The lowest BCUT2D eigenvalue weighted by atomic mass is 10.0. The zero-order chi connectivity index (χ0) is 17.3. The molecule has 0 aromatic heterocycles. The Kier molecular flexibility index (Phi) is 4.28. The number of halogens is 2. The van der Waals surface area contributed by atoms with Crippen LogP contribution in [0.3, 0.4) is 0 Å². The molecule has 0 spiro atoms. The van der Waals surface area contributed by atoms with Gasteiger partial charge in [-0.05, 0) is 48.9 Å². The molecule has 1 saturated heterocycles. The van der Waals surface area contributed by atoms with Gasteiger partial charge in [0.05, 0.1) is 23.8 Å². The normalized spacial score (nSPS) is 20.0. The third kappa shape index (κ3) is 2.99. The molecule has 2 aromatic rings. The topological polar surface area (TPSA) is 64.3 Å². The van der Waals surface area contributed by atoms with Crippen molar-refractivity contribution in [3.8, 4) is 6.07 Å². The smallest absolute Gasteiger partial charge is 0.254 e. The van der Waals surface area contributed by atoms with E-state index < -0.39 is 29.7 Å². The lowest BCUT2D eigenvalue weighted by Gasteiger charge is -2.25. The van der Waals surface area contributed by atoms with Crippen LogP contribution in [0.15, 0.2) is 42.5 Å². The summed E-state index contributed by atoms with van der Waals surface area (Å²) in [5, 5.41) is 18.7. The second-order valence-corrected chi connectivity index (χ2v) is 5.72. The number of carbonyl (C=O) groups excluding carboxylic acids is 1. The van der Waals surface area contributed by atoms with E-state index in [1.807, 2.05) is 6.07 Å². The van der Waals surface area contributed by atoms with Gasteiger partial charge in [0.15, 0.2) is 0 Å². The van der Waals surface area contributed by atoms with Gasteiger partial charge in [-0.2, -0.15) is 5.26 Å². The number of hydrogen-bond acceptors (Lipinski definition) is 3. The molecule has 1 aliphatic rings. The minimum Gasteiger partial charge on any atom is -0.391 e. The highest BCUT2D eigenvalue weighted by Gasteiger charge is 2.37. The first kappa shape index (κ1) is 16.1. The number of rotatable bonds is 2. The Morgan fingerprint density at radius 3 is 2.58 bits per heavy atom. The number of benzene rings is 2. The maximum absolute atomic E-state index is 14.1. The molecule has 0 aliphatic carbocycles. The van der Waals surface area contributed by atoms with E-state index in [2.05, 4.69) is 0 Å². The van der Waals surface area contributed by atoms with E-state index >= 15 is 0 Å². The van der Waals surface area contributed by atoms with Crippen LogP contribution >= 0.6 is 0 Å². The first-order valence-electron chi connectivity index (χ1n) is 7.43. The highest BCUT2D eigenvalue weighted by atomic mass is 19.1. The largest absolute Gasteiger partial charge is 0.391 e. The lowest BCUT2D eigenvalue weighted by molar-refractivity contribution is 0.0713. The zero-order valence-electron chi connectivity index (χ0n) is 12.6. The molecule has 1 heterocycles. The molecule has 4 nitrogen and oxygen atoms in total. The molecule has 6 heteroatoms. The molecule has 0 radical (unpaired) electrons. The van der Waals surface area contributed by atoms with Crippen molar-refractivity contribution in [2.45, 2.75) is 18.6 Å². The van der Waals surface area contributed by atoms with E-state index in [9.17, 15) is 18.7 Å². The monoisotopic (exact) mass is 328 g/mol. The van der Waals surface area contributed by atoms with Gasteiger partial charge >= 0.3 is 0 Å². The Balaban J connectivity index is 1.94. The molecular formula is C18H14F2N2O2. The number of β-amino-alcohol motifs (C(OH)–C–C–N with tert-alkyl or cyclic N) is 1. The molecular weight excluding hydrogens is 314 g/mol. The Labute approximate surface area is 137 Å². The van der Waals surface area contributed by atoms with Gasteiger partial charge in [-0.25, -0.2) is 8.78 Å². The second kappa shape index (κ2) is 6.38. The van der Waals surface area contributed by atoms with Crippen molar-refractivity contribution in [1.29, 1.82) is 5.26 Å². The first-order valence-corrected chi connectivity index (χ1v) is 7.43. The maximum Gasteiger partial charge on any atom is 0.254 e. The molecule has 1 fully saturated rings. The minimum atomic E-state index is -0.806. The van der Waals surface area contributed by atoms with Crippen LogP contribution in [0.4, 0.5) is 8.78 Å². The van der Waals surface area contributed by atoms with Crippen molar-refractivity contribution in [1.82, 2.24) is 4.90 Å². The third-order valence-electron chi connectivity index (χ3n) is 4.12. The number of amides is 1. The van der Waals surface area contributed by atoms with Gasteiger partial charge in [0.2, 0.25) is 0 Å². The predicted molar refractivity (Wildman–Crippen MR) is 81.9 cm³/mol. The SMILES string of the molecule is N#Cc1ccc(C(=O)N2C[C@@H](O)C[C@H]2c2cc(F)ccc2F)cc1. The molecule has 0 saturated carbocycles. The van der Waals surface area contributed by atoms with Gasteiger partial charge in [0, 0.05) is 17.7 Å². The summed E-state index contributed by atoms with van der Waals surface area (Å²) in [6.07, 6.45) is -0.664. The van der Waals surface area contributed by atoms with Crippen molar-refractivity contribution in [3.05, 3.63) is 70.8 Å². The molecule has 3 rings (SSSR count). The van der Waals surface area contributed by atoms with Gasteiger partial charge in [0.1, 0.15) is 11.6 Å². The van der Waals surface area contributed by atoms with Crippen LogP contribution in [-0.2, 0) is 0 Å². The highest BCUT2D eigenvalue weighted by Crippen LogP contribution is 2.35. The van der Waals surface area contributed by atoms with Gasteiger partial charge in [-0.15, -0.1) is 0 Å². The Morgan fingerprint density at radius 1 is 1.21 bits per heavy atom. The van der Waals surface area contributed by atoms with E-state index in [4.69, 9.17) is 5.26 Å². The molecule has 0 unspecified atom stereocenters. The molecule has 1 N–H and O–H groups in total. The summed E-state index contributed by atoms with van der Waals surface area (Å²) in [5.41, 5.74) is 0.791. The average molecular weight is 328 g/mol. The average Bonchev–Trinajstić information content (AvgIpc) is 2.98. The summed E-state index contributed by atoms with van der Waals surface area (Å²) in [5.74, 6) is -1.61. The van der Waals surface area contributed by atoms with Crippen LogP contribution in [0.25, 0.3) is 0 Å². The van der Waals surface area contributed by atoms with Crippen LogP contribution in [0.5, 0.6) is 0 Å². The van der Waals surface area contributed by atoms with Gasteiger partial charge in [0.25, 0.3) is 5.91 Å². The summed E-state index contributed by atoms with van der Waals surface area (Å²) < 4.78 is 27.5. The number of hydrogen-bond donors (Lipinski definition) is 1. The first-order chi connectivity index (χ1) is 11.5. The van der Waals surface area contributed by atoms with Crippen molar-refractivity contribution in [2.24, 2.45) is 0 Å². The summed E-state index contributed by atoms with van der Waals surface area (Å²) in [4.78, 5) is 14.0. The number of nitrogens with zero attached hydrogens (tertiary/aromatic N) is 2. The Bertz CT molecular complexity index is 815. The Morgan fingerprint density at radius 2 is 1.92 bits per heavy atom. The fraction of sp³-hybridized carbons (Fsp3) is 0.222. The summed E-state index contributed by atoms with van der Waals surface area (Å²) >= 11 is 0. The number of aliphatic hydroxyl groups excluding tert-OH is 1. The number of aliphatic hydroxyl groups is 1. The maximum atomic E-state index is 14.1. The fourth-order valence-electron chi connectivity index (χ4n) is 2.96. The number of carbonyl (C=O) groups is 1. The highest BCUT2D eigenvalue weighted by molar-refractivity contribution is 5.94. The summed E-state index contributed by atoms with van der Waals surface area (Å²) in [6.45, 7) is 0.0411. The van der Waals surface area contributed by atoms with Crippen molar-refractivity contribution < 1.29 is 18.7 Å². The van der Waals surface area contributed by atoms with Gasteiger partial charge in [-0.3, -0.25) is 4.79 Å². The van der Waals surface area contributed by atoms with Crippen LogP contribution < -0.4 is 0 Å². The fourth-order valence-corrected chi connectivity index (χ4v) is 2.96. The molecule has 1 amide bonds. The summed E-state index contributed by atoms with van der Waals surface area (Å²) in [6, 6.07) is 10.3. The summed E-state index contributed by atoms with van der Waals surface area (Å²) in [7, 11) is 0. The van der Waals surface area contributed by atoms with Crippen LogP contribution in [0.1, 0.15) is 33.9 Å². The van der Waals surface area contributed by atoms with E-state index in [-0.39, 0.29) is 18.5 Å². The van der Waals surface area contributed by atoms with Crippen LogP contribution in [0, 0.1) is 23.0 Å². The Hall–Kier alpha value is -2.78. The van der Waals surface area contributed by atoms with Crippen molar-refractivity contribution in [3.63, 3.8) is 0 Å². The minimum absolute atomic E-state index is 0.0411. The van der Waals surface area contributed by atoms with Crippen molar-refractivity contribution >= 4 is 5.91 Å². The van der Waals surface area contributed by atoms with Crippen LogP contribution in [0.2, 0.25) is 0 Å². The third-order valence-corrected chi connectivity index (χ3v) is 4.12. The van der Waals surface area contributed by atoms with Crippen LogP contribution in [-0.4, -0.2) is 28.6 Å². The molecule has 2 atom stereocenters. The molecule has 122 valence electrons. The van der Waals surface area contributed by atoms with E-state index in [0.717, 1.165) is 18.2 Å². The molecule has 2 aromatic carbocycles. The quantitative estimate of drug-likeness (QED) is 0.922. The number of nitriles is 1. The molecule has 0 bridgehead atoms. The van der Waals surface area contributed by atoms with E-state index in [1.54, 1.807) is 0 Å². The number of likely N-dealkylation sites (tertiary alicyclic amines) is 1. The van der Waals surface area contributed by atoms with E-state index in [1.165, 1.54) is 29.2 Å². The van der Waals surface area contributed by atoms with Gasteiger partial charge < -0.3 is 10.0 Å². The lowest BCUT2D eigenvalue weighted by Crippen LogP contribution is -2.32. The molecule has 24 heavy (non-hydrogen) atoms. The van der Waals surface area contributed by atoms with Crippen molar-refractivity contribution in [2.75, 3.05) is 6.54 Å². The van der Waals surface area contributed by atoms with Gasteiger partial charge in [-0.1, -0.05) is 0 Å². The predicted octanol–water partition coefficient (Wildman–Crippen LogP) is 2.78.